The first kappa shape index (κ1) is 15.1. The first-order valence-electron chi connectivity index (χ1n) is 5.49. The van der Waals surface area contributed by atoms with E-state index in [-0.39, 0.29) is 5.57 Å². The summed E-state index contributed by atoms with van der Waals surface area (Å²) < 4.78 is 4.70. The minimum absolute atomic E-state index is 0.274. The zero-order valence-corrected chi connectivity index (χ0v) is 10.3. The summed E-state index contributed by atoms with van der Waals surface area (Å²) in [5, 5.41) is 18.8. The Morgan fingerprint density at radius 2 is 2.00 bits per heavy atom. The Labute approximate surface area is 96.9 Å². The predicted molar refractivity (Wildman–Crippen MR) is 61.7 cm³/mol. The highest BCUT2D eigenvalue weighted by molar-refractivity contribution is 5.86. The lowest BCUT2D eigenvalue weighted by Gasteiger charge is -2.17. The highest BCUT2D eigenvalue weighted by Gasteiger charge is 2.14. The third-order valence-corrected chi connectivity index (χ3v) is 2.08. The second-order valence-electron chi connectivity index (χ2n) is 4.70. The monoisotopic (exact) mass is 230 g/mol. The molecule has 0 aromatic heterocycles. The van der Waals surface area contributed by atoms with Crippen molar-refractivity contribution in [3.8, 4) is 0 Å². The molecule has 0 aromatic rings. The van der Waals surface area contributed by atoms with Crippen LogP contribution in [0.15, 0.2) is 12.2 Å². The van der Waals surface area contributed by atoms with E-state index in [1.165, 1.54) is 6.92 Å². The van der Waals surface area contributed by atoms with Crippen LogP contribution >= 0.6 is 0 Å². The Kier molecular flexibility index (Phi) is 6.29. The molecule has 1 atom stereocenters. The molecule has 0 fully saturated rings. The molecule has 0 saturated heterocycles. The molecule has 0 aliphatic carbocycles. The second kappa shape index (κ2) is 6.66. The Morgan fingerprint density at radius 3 is 2.44 bits per heavy atom. The van der Waals surface area contributed by atoms with Crippen molar-refractivity contribution in [1.82, 2.24) is 0 Å². The second-order valence-corrected chi connectivity index (χ2v) is 4.70. The lowest BCUT2D eigenvalue weighted by atomic mass is 10.0. The van der Waals surface area contributed by atoms with Gasteiger partial charge in [0.25, 0.3) is 0 Å². The number of hydrogen-bond acceptors (Lipinski definition) is 4. The van der Waals surface area contributed by atoms with Gasteiger partial charge in [0, 0.05) is 12.0 Å². The Hall–Kier alpha value is -0.870. The first-order chi connectivity index (χ1) is 7.22. The van der Waals surface area contributed by atoms with Crippen LogP contribution in [0.1, 0.15) is 46.5 Å². The van der Waals surface area contributed by atoms with Crippen molar-refractivity contribution in [3.63, 3.8) is 0 Å². The molecule has 0 heterocycles. The van der Waals surface area contributed by atoms with Gasteiger partial charge in [-0.05, 0) is 33.6 Å². The van der Waals surface area contributed by atoms with Crippen LogP contribution in [0.2, 0.25) is 0 Å². The van der Waals surface area contributed by atoms with Crippen LogP contribution in [-0.2, 0) is 9.53 Å². The van der Waals surface area contributed by atoms with Crippen molar-refractivity contribution in [2.45, 2.75) is 58.3 Å². The number of unbranched alkanes of at least 4 members (excludes halogenated alkanes) is 1. The van der Waals surface area contributed by atoms with Crippen LogP contribution < -0.4 is 0 Å². The molecule has 94 valence electrons. The number of aliphatic hydroxyl groups excluding tert-OH is 1. The van der Waals surface area contributed by atoms with E-state index >= 15 is 0 Å². The van der Waals surface area contributed by atoms with Gasteiger partial charge in [-0.2, -0.15) is 0 Å². The molecule has 4 nitrogen and oxygen atoms in total. The van der Waals surface area contributed by atoms with E-state index in [0.717, 1.165) is 6.42 Å². The van der Waals surface area contributed by atoms with Crippen LogP contribution in [0.5, 0.6) is 0 Å². The molecule has 0 spiro atoms. The SMILES string of the molecule is C=C(C)C(=O)OC(O)CCCCC(C)(C)O. The minimum atomic E-state index is -1.08. The van der Waals surface area contributed by atoms with E-state index < -0.39 is 17.9 Å². The van der Waals surface area contributed by atoms with E-state index in [0.29, 0.717) is 19.3 Å². The maximum absolute atomic E-state index is 11.0. The normalized spacial score (nSPS) is 13.3. The maximum Gasteiger partial charge on any atom is 0.335 e. The molecule has 0 aliphatic heterocycles. The van der Waals surface area contributed by atoms with E-state index in [4.69, 9.17) is 4.74 Å². The molecule has 0 radical (unpaired) electrons. The molecule has 0 amide bonds. The van der Waals surface area contributed by atoms with Crippen LogP contribution in [0, 0.1) is 0 Å². The molecule has 4 heteroatoms. The van der Waals surface area contributed by atoms with Crippen LogP contribution in [0.25, 0.3) is 0 Å². The Bertz CT molecular complexity index is 240. The van der Waals surface area contributed by atoms with Gasteiger partial charge in [0.15, 0.2) is 0 Å². The Balaban J connectivity index is 3.63. The first-order valence-corrected chi connectivity index (χ1v) is 5.49. The summed E-state index contributed by atoms with van der Waals surface area (Å²) in [5.74, 6) is -0.574. The minimum Gasteiger partial charge on any atom is -0.433 e. The van der Waals surface area contributed by atoms with Crippen LogP contribution in [-0.4, -0.2) is 28.1 Å². The van der Waals surface area contributed by atoms with Gasteiger partial charge in [0.2, 0.25) is 6.29 Å². The summed E-state index contributed by atoms with van der Waals surface area (Å²) in [6, 6.07) is 0. The van der Waals surface area contributed by atoms with Gasteiger partial charge < -0.3 is 14.9 Å². The smallest absolute Gasteiger partial charge is 0.335 e. The van der Waals surface area contributed by atoms with E-state index in [1.54, 1.807) is 13.8 Å². The van der Waals surface area contributed by atoms with E-state index in [1.807, 2.05) is 0 Å². The average Bonchev–Trinajstić information content (AvgIpc) is 2.10. The predicted octanol–water partition coefficient (Wildman–Crippen LogP) is 1.76. The fraction of sp³-hybridized carbons (Fsp3) is 0.750. The number of hydrogen-bond donors (Lipinski definition) is 2. The number of ether oxygens (including phenoxy) is 1. The molecule has 16 heavy (non-hydrogen) atoms. The number of esters is 1. The van der Waals surface area contributed by atoms with E-state index in [2.05, 4.69) is 6.58 Å². The number of carbonyl (C=O) groups is 1. The van der Waals surface area contributed by atoms with Crippen molar-refractivity contribution in [2.75, 3.05) is 0 Å². The Morgan fingerprint density at radius 1 is 1.44 bits per heavy atom. The third kappa shape index (κ3) is 8.44. The number of rotatable bonds is 7. The van der Waals surface area contributed by atoms with Crippen LogP contribution in [0.3, 0.4) is 0 Å². The van der Waals surface area contributed by atoms with E-state index in [9.17, 15) is 15.0 Å². The molecular weight excluding hydrogens is 208 g/mol. The van der Waals surface area contributed by atoms with Gasteiger partial charge in [-0.25, -0.2) is 4.79 Å². The van der Waals surface area contributed by atoms with Gasteiger partial charge in [0.05, 0.1) is 5.60 Å². The maximum atomic E-state index is 11.0. The molecule has 0 saturated carbocycles. The van der Waals surface area contributed by atoms with Gasteiger partial charge in [-0.15, -0.1) is 0 Å². The molecular formula is C12H22O4. The van der Waals surface area contributed by atoms with Crippen molar-refractivity contribution in [1.29, 1.82) is 0 Å². The summed E-state index contributed by atoms with van der Waals surface area (Å²) >= 11 is 0. The van der Waals surface area contributed by atoms with Gasteiger partial charge in [-0.3, -0.25) is 0 Å². The summed E-state index contributed by atoms with van der Waals surface area (Å²) in [6.45, 7) is 8.43. The molecule has 2 N–H and O–H groups in total. The zero-order valence-electron chi connectivity index (χ0n) is 10.3. The standard InChI is InChI=1S/C12H22O4/c1-9(2)11(14)16-10(13)7-5-6-8-12(3,4)15/h10,13,15H,1,5-8H2,2-4H3. The highest BCUT2D eigenvalue weighted by atomic mass is 16.6. The molecule has 0 bridgehead atoms. The highest BCUT2D eigenvalue weighted by Crippen LogP contribution is 2.14. The largest absolute Gasteiger partial charge is 0.433 e. The summed E-state index contributed by atoms with van der Waals surface area (Å²) in [6.07, 6.45) is 1.45. The van der Waals surface area contributed by atoms with Crippen molar-refractivity contribution in [2.24, 2.45) is 0 Å². The van der Waals surface area contributed by atoms with Crippen molar-refractivity contribution < 1.29 is 19.7 Å². The fourth-order valence-corrected chi connectivity index (χ4v) is 1.16. The third-order valence-electron chi connectivity index (χ3n) is 2.08. The molecule has 1 unspecified atom stereocenters. The molecule has 0 rings (SSSR count). The van der Waals surface area contributed by atoms with Crippen LogP contribution in [0.4, 0.5) is 0 Å². The molecule has 0 aromatic carbocycles. The number of carbonyl (C=O) groups excluding carboxylic acids is 1. The van der Waals surface area contributed by atoms with Gasteiger partial charge >= 0.3 is 5.97 Å². The lowest BCUT2D eigenvalue weighted by Crippen LogP contribution is -2.20. The topological polar surface area (TPSA) is 66.8 Å². The fourth-order valence-electron chi connectivity index (χ4n) is 1.16. The van der Waals surface area contributed by atoms with Gasteiger partial charge in [-0.1, -0.05) is 13.0 Å². The summed E-state index contributed by atoms with van der Waals surface area (Å²) in [7, 11) is 0. The lowest BCUT2D eigenvalue weighted by molar-refractivity contribution is -0.163. The summed E-state index contributed by atoms with van der Waals surface area (Å²) in [5.41, 5.74) is -0.408. The molecule has 0 aliphatic rings. The zero-order chi connectivity index (χ0) is 12.8. The van der Waals surface area contributed by atoms with Crippen molar-refractivity contribution >= 4 is 5.97 Å². The average molecular weight is 230 g/mol. The van der Waals surface area contributed by atoms with Gasteiger partial charge in [0.1, 0.15) is 0 Å². The van der Waals surface area contributed by atoms with Crippen molar-refractivity contribution in [3.05, 3.63) is 12.2 Å². The quantitative estimate of drug-likeness (QED) is 0.303. The number of aliphatic hydroxyl groups is 2. The summed E-state index contributed by atoms with van der Waals surface area (Å²) in [4.78, 5) is 11.0.